The SMILES string of the molecule is FSn1ccc2nc(Cl)nc(Cl)c21. The molecule has 0 aliphatic rings. The summed E-state index contributed by atoms with van der Waals surface area (Å²) in [5, 5.41) is 0.198. The van der Waals surface area contributed by atoms with Crippen LogP contribution in [0.2, 0.25) is 10.4 Å². The molecule has 68 valence electrons. The van der Waals surface area contributed by atoms with Gasteiger partial charge in [0.1, 0.15) is 5.52 Å². The Morgan fingerprint density at radius 1 is 1.38 bits per heavy atom. The van der Waals surface area contributed by atoms with E-state index in [1.807, 2.05) is 0 Å². The summed E-state index contributed by atoms with van der Waals surface area (Å²) in [5.41, 5.74) is 0.953. The third-order valence-corrected chi connectivity index (χ3v) is 2.39. The van der Waals surface area contributed by atoms with Gasteiger partial charge in [-0.15, -0.1) is 3.89 Å². The molecule has 0 spiro atoms. The molecule has 7 heteroatoms. The molecule has 0 saturated heterocycles. The number of rotatable bonds is 1. The van der Waals surface area contributed by atoms with Gasteiger partial charge in [-0.25, -0.2) is 9.97 Å². The fraction of sp³-hybridized carbons (Fsp3) is 0. The number of fused-ring (bicyclic) bond motifs is 1. The Bertz CT molecular complexity index is 458. The van der Waals surface area contributed by atoms with Crippen LogP contribution in [-0.4, -0.2) is 13.9 Å². The minimum absolute atomic E-state index is 0.0341. The molecule has 0 N–H and O–H groups in total. The second kappa shape index (κ2) is 3.32. The molecule has 0 aliphatic carbocycles. The molecule has 2 aromatic heterocycles. The Labute approximate surface area is 87.3 Å². The monoisotopic (exact) mass is 237 g/mol. The van der Waals surface area contributed by atoms with Gasteiger partial charge in [0.05, 0.1) is 5.52 Å². The number of halogens is 3. The van der Waals surface area contributed by atoms with E-state index in [1.54, 1.807) is 6.07 Å². The Kier molecular flexibility index (Phi) is 2.31. The van der Waals surface area contributed by atoms with Crippen LogP contribution in [0.15, 0.2) is 12.3 Å². The molecule has 0 saturated carbocycles. The van der Waals surface area contributed by atoms with Crippen LogP contribution in [0.25, 0.3) is 11.0 Å². The maximum atomic E-state index is 12.3. The molecule has 0 unspecified atom stereocenters. The molecule has 0 aliphatic heterocycles. The highest BCUT2D eigenvalue weighted by Gasteiger charge is 2.09. The maximum Gasteiger partial charge on any atom is 0.224 e. The van der Waals surface area contributed by atoms with Gasteiger partial charge in [0.25, 0.3) is 0 Å². The van der Waals surface area contributed by atoms with E-state index in [2.05, 4.69) is 9.97 Å². The van der Waals surface area contributed by atoms with Crippen LogP contribution in [0.5, 0.6) is 0 Å². The smallest absolute Gasteiger partial charge is 0.224 e. The van der Waals surface area contributed by atoms with Crippen molar-refractivity contribution >= 4 is 46.6 Å². The molecule has 2 aromatic rings. The second-order valence-electron chi connectivity index (χ2n) is 2.23. The van der Waals surface area contributed by atoms with Gasteiger partial charge >= 0.3 is 0 Å². The second-order valence-corrected chi connectivity index (χ2v) is 3.46. The van der Waals surface area contributed by atoms with Crippen molar-refractivity contribution in [2.24, 2.45) is 0 Å². The van der Waals surface area contributed by atoms with Crippen molar-refractivity contribution in [3.63, 3.8) is 0 Å². The molecule has 0 fully saturated rings. The van der Waals surface area contributed by atoms with Crippen LogP contribution in [0.1, 0.15) is 0 Å². The van der Waals surface area contributed by atoms with Gasteiger partial charge in [0.15, 0.2) is 17.5 Å². The molecular weight excluding hydrogens is 236 g/mol. The Morgan fingerprint density at radius 2 is 2.15 bits per heavy atom. The predicted octanol–water partition coefficient (Wildman–Crippen LogP) is 3.12. The summed E-state index contributed by atoms with van der Waals surface area (Å²) in [4.78, 5) is 7.58. The van der Waals surface area contributed by atoms with E-state index in [0.29, 0.717) is 11.0 Å². The van der Waals surface area contributed by atoms with E-state index < -0.39 is 0 Å². The van der Waals surface area contributed by atoms with Crippen LogP contribution in [0.3, 0.4) is 0 Å². The maximum absolute atomic E-state index is 12.3. The van der Waals surface area contributed by atoms with E-state index in [4.69, 9.17) is 23.2 Å². The zero-order chi connectivity index (χ0) is 9.42. The molecular formula is C6H2Cl2FN3S. The average Bonchev–Trinajstić information content (AvgIpc) is 2.47. The molecule has 3 nitrogen and oxygen atoms in total. The van der Waals surface area contributed by atoms with Crippen molar-refractivity contribution < 1.29 is 3.89 Å². The van der Waals surface area contributed by atoms with Gasteiger partial charge in [-0.05, 0) is 17.7 Å². The summed E-state index contributed by atoms with van der Waals surface area (Å²) in [6.07, 6.45) is 1.51. The zero-order valence-corrected chi connectivity index (χ0v) is 8.37. The van der Waals surface area contributed by atoms with Gasteiger partial charge in [-0.2, -0.15) is 0 Å². The Balaban J connectivity index is 2.82. The lowest BCUT2D eigenvalue weighted by Gasteiger charge is -1.97. The zero-order valence-electron chi connectivity index (χ0n) is 6.04. The van der Waals surface area contributed by atoms with E-state index in [1.165, 1.54) is 10.2 Å². The van der Waals surface area contributed by atoms with E-state index in [0.717, 1.165) is 0 Å². The highest BCUT2D eigenvalue weighted by atomic mass is 35.5. The highest BCUT2D eigenvalue weighted by Crippen LogP contribution is 2.26. The highest BCUT2D eigenvalue weighted by molar-refractivity contribution is 7.92. The predicted molar refractivity (Wildman–Crippen MR) is 51.6 cm³/mol. The van der Waals surface area contributed by atoms with Crippen molar-refractivity contribution in [2.45, 2.75) is 0 Å². The first-order chi connectivity index (χ1) is 6.22. The van der Waals surface area contributed by atoms with Crippen LogP contribution in [0.4, 0.5) is 3.89 Å². The molecule has 0 bridgehead atoms. The van der Waals surface area contributed by atoms with Crippen LogP contribution >= 0.6 is 35.5 Å². The van der Waals surface area contributed by atoms with E-state index in [9.17, 15) is 3.89 Å². The molecule has 2 rings (SSSR count). The van der Waals surface area contributed by atoms with Crippen molar-refractivity contribution in [3.8, 4) is 0 Å². The standard InChI is InChI=1S/C6H2Cl2FN3S/c7-5-4-3(10-6(8)11-5)1-2-12(4)13-9/h1-2H. The summed E-state index contributed by atoms with van der Waals surface area (Å²) < 4.78 is 13.5. The van der Waals surface area contributed by atoms with Crippen LogP contribution in [0, 0.1) is 0 Å². The first-order valence-electron chi connectivity index (χ1n) is 3.21. The first kappa shape index (κ1) is 9.05. The van der Waals surface area contributed by atoms with Gasteiger partial charge in [0.2, 0.25) is 5.28 Å². The summed E-state index contributed by atoms with van der Waals surface area (Å²) in [6.45, 7) is 0. The normalized spacial score (nSPS) is 11.0. The largest absolute Gasteiger partial charge is 0.259 e. The fourth-order valence-corrected chi connectivity index (χ4v) is 1.90. The third kappa shape index (κ3) is 1.47. The lowest BCUT2D eigenvalue weighted by Crippen LogP contribution is -1.87. The summed E-state index contributed by atoms with van der Waals surface area (Å²) >= 11 is 11.3. The number of aromatic nitrogens is 3. The van der Waals surface area contributed by atoms with Gasteiger partial charge in [-0.3, -0.25) is 3.97 Å². The summed E-state index contributed by atoms with van der Waals surface area (Å²) in [6, 6.07) is 1.61. The summed E-state index contributed by atoms with van der Waals surface area (Å²) in [5.74, 6) is 0. The quantitative estimate of drug-likeness (QED) is 0.564. The number of hydrogen-bond donors (Lipinski definition) is 0. The van der Waals surface area contributed by atoms with E-state index in [-0.39, 0.29) is 22.8 Å². The first-order valence-corrected chi connectivity index (χ1v) is 4.64. The van der Waals surface area contributed by atoms with Crippen molar-refractivity contribution in [3.05, 3.63) is 22.7 Å². The van der Waals surface area contributed by atoms with Gasteiger partial charge in [-0.1, -0.05) is 11.6 Å². The molecule has 2 heterocycles. The van der Waals surface area contributed by atoms with E-state index >= 15 is 0 Å². The summed E-state index contributed by atoms with van der Waals surface area (Å²) in [7, 11) is 0. The van der Waals surface area contributed by atoms with Crippen molar-refractivity contribution in [1.82, 2.24) is 13.9 Å². The number of hydrogen-bond acceptors (Lipinski definition) is 3. The molecule has 0 atom stereocenters. The minimum Gasteiger partial charge on any atom is -0.259 e. The van der Waals surface area contributed by atoms with Crippen molar-refractivity contribution in [1.29, 1.82) is 0 Å². The fourth-order valence-electron chi connectivity index (χ4n) is 1.01. The Hall–Kier alpha value is -0.520. The Morgan fingerprint density at radius 3 is 2.85 bits per heavy atom. The molecule has 0 amide bonds. The minimum atomic E-state index is 0.0341. The molecule has 0 aromatic carbocycles. The topological polar surface area (TPSA) is 30.7 Å². The lowest BCUT2D eigenvalue weighted by atomic mass is 10.5. The molecule has 0 radical (unpaired) electrons. The van der Waals surface area contributed by atoms with Crippen molar-refractivity contribution in [2.75, 3.05) is 0 Å². The van der Waals surface area contributed by atoms with Crippen LogP contribution < -0.4 is 0 Å². The van der Waals surface area contributed by atoms with Gasteiger partial charge in [0, 0.05) is 6.20 Å². The molecule has 13 heavy (non-hydrogen) atoms. The lowest BCUT2D eigenvalue weighted by molar-refractivity contribution is 0.921. The van der Waals surface area contributed by atoms with Gasteiger partial charge < -0.3 is 0 Å². The number of nitrogens with zero attached hydrogens (tertiary/aromatic N) is 3. The third-order valence-electron chi connectivity index (χ3n) is 1.50. The average molecular weight is 238 g/mol. The van der Waals surface area contributed by atoms with Crippen LogP contribution in [-0.2, 0) is 0 Å².